The predicted molar refractivity (Wildman–Crippen MR) is 100 cm³/mol. The van der Waals surface area contributed by atoms with Gasteiger partial charge in [-0.3, -0.25) is 4.79 Å². The van der Waals surface area contributed by atoms with Crippen molar-refractivity contribution < 1.29 is 9.00 Å². The molecule has 3 aromatic rings. The Bertz CT molecular complexity index is 1010. The third kappa shape index (κ3) is 4.73. The number of nitrogens with one attached hydrogen (secondary N) is 1. The van der Waals surface area contributed by atoms with E-state index >= 15 is 0 Å². The molecule has 0 bridgehead atoms. The van der Waals surface area contributed by atoms with Crippen LogP contribution < -0.4 is 5.32 Å². The minimum atomic E-state index is -2.32. The summed E-state index contributed by atoms with van der Waals surface area (Å²) in [6, 6.07) is 14.4. The first-order valence-corrected chi connectivity index (χ1v) is 10.1. The molecule has 0 atom stereocenters. The maximum atomic E-state index is 12.4. The summed E-state index contributed by atoms with van der Waals surface area (Å²) >= 11 is 0. The van der Waals surface area contributed by atoms with Crippen molar-refractivity contribution in [2.75, 3.05) is 17.8 Å². The summed E-state index contributed by atoms with van der Waals surface area (Å²) in [5, 5.41) is 13.8. The second kappa shape index (κ2) is 7.44. The third-order valence-corrected chi connectivity index (χ3v) is 4.05. The van der Waals surface area contributed by atoms with Crippen molar-refractivity contribution in [2.24, 2.45) is 4.36 Å². The van der Waals surface area contributed by atoms with E-state index in [0.717, 1.165) is 11.3 Å². The molecule has 3 rings (SSSR count). The standard InChI is InChI=1S/C17H18N6O2S/c1-26(2,25)20-16-6-4-3-5-15(16)19-17(24)11-13-7-9-14(10-8-13)23-12-18-21-22-23/h3-10,12H,11H2,1-2H3,(H,19,24). The Kier molecular flexibility index (Phi) is 5.08. The molecule has 0 radical (unpaired) electrons. The van der Waals surface area contributed by atoms with Crippen molar-refractivity contribution in [1.29, 1.82) is 0 Å². The van der Waals surface area contributed by atoms with Crippen molar-refractivity contribution in [3.8, 4) is 5.69 Å². The van der Waals surface area contributed by atoms with Crippen LogP contribution in [0.15, 0.2) is 59.2 Å². The summed E-state index contributed by atoms with van der Waals surface area (Å²) in [5.74, 6) is -0.179. The first-order chi connectivity index (χ1) is 12.4. The van der Waals surface area contributed by atoms with Crippen LogP contribution in [0.3, 0.4) is 0 Å². The van der Waals surface area contributed by atoms with E-state index in [1.54, 1.807) is 36.8 Å². The van der Waals surface area contributed by atoms with Gasteiger partial charge in [0.05, 0.1) is 23.5 Å². The molecule has 1 aromatic heterocycles. The van der Waals surface area contributed by atoms with Gasteiger partial charge in [0, 0.05) is 22.2 Å². The van der Waals surface area contributed by atoms with Gasteiger partial charge in [0.15, 0.2) is 0 Å². The Hall–Kier alpha value is -3.07. The Labute approximate surface area is 151 Å². The molecule has 2 aromatic carbocycles. The normalized spacial score (nSPS) is 11.2. The number of aromatic nitrogens is 4. The van der Waals surface area contributed by atoms with Crippen LogP contribution in [0.25, 0.3) is 5.69 Å². The second-order valence-electron chi connectivity index (χ2n) is 5.94. The molecule has 1 heterocycles. The van der Waals surface area contributed by atoms with Gasteiger partial charge in [-0.1, -0.05) is 24.3 Å². The molecule has 134 valence electrons. The third-order valence-electron chi connectivity index (χ3n) is 3.41. The highest BCUT2D eigenvalue weighted by atomic mass is 32.2. The Morgan fingerprint density at radius 2 is 1.88 bits per heavy atom. The highest BCUT2D eigenvalue weighted by molar-refractivity contribution is 7.92. The fourth-order valence-corrected chi connectivity index (χ4v) is 2.95. The van der Waals surface area contributed by atoms with Crippen LogP contribution in [-0.4, -0.2) is 42.8 Å². The first-order valence-electron chi connectivity index (χ1n) is 7.79. The molecule has 0 aliphatic rings. The largest absolute Gasteiger partial charge is 0.324 e. The fourth-order valence-electron chi connectivity index (χ4n) is 2.32. The number of hydrogen-bond acceptors (Lipinski definition) is 6. The van der Waals surface area contributed by atoms with E-state index in [0.29, 0.717) is 11.4 Å². The van der Waals surface area contributed by atoms with Gasteiger partial charge in [-0.2, -0.15) is 4.36 Å². The van der Waals surface area contributed by atoms with E-state index in [-0.39, 0.29) is 12.3 Å². The number of carbonyl (C=O) groups is 1. The quantitative estimate of drug-likeness (QED) is 0.742. The zero-order chi connectivity index (χ0) is 18.6. The van der Waals surface area contributed by atoms with Crippen molar-refractivity contribution >= 4 is 27.0 Å². The number of carbonyl (C=O) groups excluding carboxylic acids is 1. The average Bonchev–Trinajstić information content (AvgIpc) is 3.10. The average molecular weight is 370 g/mol. The lowest BCUT2D eigenvalue weighted by atomic mass is 10.1. The lowest BCUT2D eigenvalue weighted by molar-refractivity contribution is -0.115. The molecule has 1 N–H and O–H groups in total. The summed E-state index contributed by atoms with van der Waals surface area (Å²) in [5.41, 5.74) is 2.71. The Balaban J connectivity index is 1.71. The van der Waals surface area contributed by atoms with Gasteiger partial charge in [-0.25, -0.2) is 8.89 Å². The summed E-state index contributed by atoms with van der Waals surface area (Å²) < 4.78 is 17.6. The number of tetrazole rings is 1. The summed E-state index contributed by atoms with van der Waals surface area (Å²) in [7, 11) is -2.32. The van der Waals surface area contributed by atoms with Gasteiger partial charge in [-0.15, -0.1) is 5.10 Å². The van der Waals surface area contributed by atoms with Crippen LogP contribution in [0.1, 0.15) is 5.56 Å². The fraction of sp³-hybridized carbons (Fsp3) is 0.176. The molecule has 9 heteroatoms. The van der Waals surface area contributed by atoms with E-state index in [2.05, 4.69) is 25.2 Å². The molecule has 0 aliphatic carbocycles. The monoisotopic (exact) mass is 370 g/mol. The molecule has 0 spiro atoms. The lowest BCUT2D eigenvalue weighted by Crippen LogP contribution is -2.14. The molecule has 0 saturated heterocycles. The van der Waals surface area contributed by atoms with E-state index in [1.807, 2.05) is 24.3 Å². The number of anilines is 1. The van der Waals surface area contributed by atoms with Gasteiger partial charge in [-0.05, 0) is 40.3 Å². The van der Waals surface area contributed by atoms with Crippen LogP contribution in [0.5, 0.6) is 0 Å². The van der Waals surface area contributed by atoms with Gasteiger partial charge < -0.3 is 5.32 Å². The van der Waals surface area contributed by atoms with E-state index in [9.17, 15) is 9.00 Å². The molecule has 26 heavy (non-hydrogen) atoms. The highest BCUT2D eigenvalue weighted by Gasteiger charge is 2.08. The zero-order valence-corrected chi connectivity index (χ0v) is 15.2. The van der Waals surface area contributed by atoms with E-state index in [4.69, 9.17) is 0 Å². The minimum absolute atomic E-state index is 0.179. The van der Waals surface area contributed by atoms with Gasteiger partial charge in [0.1, 0.15) is 6.33 Å². The van der Waals surface area contributed by atoms with Crippen LogP contribution in [0.4, 0.5) is 11.4 Å². The maximum absolute atomic E-state index is 12.4. The topological polar surface area (TPSA) is 102 Å². The predicted octanol–water partition coefficient (Wildman–Crippen LogP) is 2.20. The number of hydrogen-bond donors (Lipinski definition) is 1. The number of para-hydroxylation sites is 1. The number of benzene rings is 2. The Morgan fingerprint density at radius 1 is 1.15 bits per heavy atom. The van der Waals surface area contributed by atoms with Gasteiger partial charge in [0.25, 0.3) is 0 Å². The molecule has 0 aliphatic heterocycles. The lowest BCUT2D eigenvalue weighted by Gasteiger charge is -2.09. The van der Waals surface area contributed by atoms with Crippen LogP contribution in [0, 0.1) is 0 Å². The maximum Gasteiger partial charge on any atom is 0.228 e. The number of amides is 1. The van der Waals surface area contributed by atoms with Crippen LogP contribution in [-0.2, 0) is 20.9 Å². The molecular weight excluding hydrogens is 352 g/mol. The van der Waals surface area contributed by atoms with Gasteiger partial charge in [0.2, 0.25) is 5.91 Å². The summed E-state index contributed by atoms with van der Waals surface area (Å²) in [6.45, 7) is 0. The molecule has 0 unspecified atom stereocenters. The zero-order valence-electron chi connectivity index (χ0n) is 14.4. The number of nitrogens with zero attached hydrogens (tertiary/aromatic N) is 5. The molecule has 1 amide bonds. The SMILES string of the molecule is CS(C)(=O)=Nc1ccccc1NC(=O)Cc1ccc(-n2cnnn2)cc1. The van der Waals surface area contributed by atoms with E-state index < -0.39 is 9.73 Å². The van der Waals surface area contributed by atoms with Crippen LogP contribution >= 0.6 is 0 Å². The Morgan fingerprint density at radius 3 is 2.54 bits per heavy atom. The highest BCUT2D eigenvalue weighted by Crippen LogP contribution is 2.25. The second-order valence-corrected chi connectivity index (χ2v) is 8.48. The molecule has 0 fully saturated rings. The van der Waals surface area contributed by atoms with Crippen molar-refractivity contribution in [2.45, 2.75) is 6.42 Å². The summed E-state index contributed by atoms with van der Waals surface area (Å²) in [4.78, 5) is 12.4. The molecule has 0 saturated carbocycles. The van der Waals surface area contributed by atoms with Crippen LogP contribution in [0.2, 0.25) is 0 Å². The molecule has 8 nitrogen and oxygen atoms in total. The van der Waals surface area contributed by atoms with E-state index in [1.165, 1.54) is 11.0 Å². The first kappa shape index (κ1) is 17.7. The number of rotatable bonds is 5. The van der Waals surface area contributed by atoms with Crippen molar-refractivity contribution in [3.05, 3.63) is 60.4 Å². The van der Waals surface area contributed by atoms with Crippen molar-refractivity contribution in [1.82, 2.24) is 20.2 Å². The smallest absolute Gasteiger partial charge is 0.228 e. The summed E-state index contributed by atoms with van der Waals surface area (Å²) in [6.07, 6.45) is 4.81. The minimum Gasteiger partial charge on any atom is -0.324 e. The van der Waals surface area contributed by atoms with Gasteiger partial charge >= 0.3 is 0 Å². The molecular formula is C17H18N6O2S. The van der Waals surface area contributed by atoms with Crippen molar-refractivity contribution in [3.63, 3.8) is 0 Å².